The van der Waals surface area contributed by atoms with E-state index in [9.17, 15) is 0 Å². The summed E-state index contributed by atoms with van der Waals surface area (Å²) in [5, 5.41) is 0. The summed E-state index contributed by atoms with van der Waals surface area (Å²) in [6.45, 7) is 6.35. The molecule has 3 aromatic carbocycles. The van der Waals surface area contributed by atoms with Crippen LogP contribution in [0.2, 0.25) is 0 Å². The molecule has 9 rings (SSSR count). The minimum Gasteiger partial charge on any atom is 2.00 e. The van der Waals surface area contributed by atoms with Crippen LogP contribution in [0.25, 0.3) is 90.9 Å². The number of nitrogens with one attached hydrogen (secondary N) is 2. The predicted molar refractivity (Wildman–Crippen MR) is 245 cm³/mol. The Kier molecular flexibility index (Phi) is 15.0. The van der Waals surface area contributed by atoms with Gasteiger partial charge in [-0.3, -0.25) is 9.19 Å². The third-order valence-corrected chi connectivity index (χ3v) is 9.74. The van der Waals surface area contributed by atoms with Crippen LogP contribution >= 0.6 is 18.8 Å². The van der Waals surface area contributed by atoms with Gasteiger partial charge >= 0.3 is 54.8 Å². The standard InChI is InChI=1S/C46H35N5.C2H6OS.2ClH.Pt.Zn/c1-28-4-10-31(11-5-28)43-35-16-18-37(48-35)44(32-12-6-29(2)7-13-32)39-20-22-41(50-39)46(34-24-26-47-27-25-34)42-23-21-40(51-42)45(38-19-17-36(43)49-38)33-14-8-30(3)9-15-33;1-4(2)3;;;;/h4-27,48,51H,1-3H3;1-2H3;2*1H;;/q;;;;2*+2/p-1. The molecule has 2 aliphatic rings. The third kappa shape index (κ3) is 10.3. The second-order valence-corrected chi connectivity index (χ2v) is 19.0. The molecule has 0 atom stereocenters. The second-order valence-electron chi connectivity index (χ2n) is 14.2. The molecule has 3 N–H and O–H groups in total. The van der Waals surface area contributed by atoms with Crippen LogP contribution in [0.5, 0.6) is 0 Å². The summed E-state index contributed by atoms with van der Waals surface area (Å²) in [5.41, 5.74) is 19.6. The number of nitrogens with zero attached hydrogens (tertiary/aromatic N) is 3. The second kappa shape index (κ2) is 20.1. The van der Waals surface area contributed by atoms with Gasteiger partial charge in [-0.2, -0.15) is 0 Å². The maximum atomic E-state index is 8.08. The van der Waals surface area contributed by atoms with Crippen LogP contribution in [0, 0.1) is 20.8 Å². The molecule has 2 aliphatic heterocycles. The van der Waals surface area contributed by atoms with E-state index in [-0.39, 0.29) is 30.3 Å². The van der Waals surface area contributed by atoms with E-state index in [4.69, 9.17) is 33.0 Å². The van der Waals surface area contributed by atoms with Gasteiger partial charge in [0.15, 0.2) is 10.8 Å². The Morgan fingerprint density at radius 3 is 0.949 bits per heavy atom. The Morgan fingerprint density at radius 1 is 0.458 bits per heavy atom. The Hall–Kier alpha value is -4.55. The normalized spacial score (nSPS) is 11.4. The van der Waals surface area contributed by atoms with Crippen LogP contribution in [-0.2, 0) is 46.8 Å². The van der Waals surface area contributed by atoms with Gasteiger partial charge in [0.2, 0.25) is 0 Å². The molecule has 4 aromatic heterocycles. The molecule has 0 amide bonds. The number of hydrogen-bond donors (Lipinski definition) is 2. The van der Waals surface area contributed by atoms with Crippen molar-refractivity contribution in [1.82, 2.24) is 24.9 Å². The number of aryl methyl sites for hydroxylation is 3. The monoisotopic (exact) mass is 1070 g/mol. The summed E-state index contributed by atoms with van der Waals surface area (Å²) in [6, 6.07) is 38.8. The van der Waals surface area contributed by atoms with Gasteiger partial charge in [0.25, 0.3) is 0 Å². The first-order chi connectivity index (χ1) is 28.1. The van der Waals surface area contributed by atoms with Crippen molar-refractivity contribution < 1.29 is 40.2 Å². The van der Waals surface area contributed by atoms with E-state index in [1.807, 2.05) is 24.5 Å². The number of aromatic amines is 2. The van der Waals surface area contributed by atoms with Crippen LogP contribution in [0.1, 0.15) is 39.5 Å². The van der Waals surface area contributed by atoms with Crippen LogP contribution in [0.3, 0.4) is 0 Å². The Morgan fingerprint density at radius 2 is 0.695 bits per heavy atom. The number of H-pyrrole nitrogens is 2. The van der Waals surface area contributed by atoms with Gasteiger partial charge in [0.1, 0.15) is 0 Å². The van der Waals surface area contributed by atoms with E-state index < -0.39 is 16.5 Å². The zero-order chi connectivity index (χ0) is 40.8. The van der Waals surface area contributed by atoms with Crippen LogP contribution < -0.4 is 0 Å². The average molecular weight is 1070 g/mol. The Balaban J connectivity index is 0.000000683. The molecule has 59 heavy (non-hydrogen) atoms. The third-order valence-electron chi connectivity index (χ3n) is 9.74. The first kappa shape index (κ1) is 44.0. The summed E-state index contributed by atoms with van der Waals surface area (Å²) >= 11 is -0.472. The number of halogens is 2. The number of rotatable bonds is 4. The molecular formula is C48H42Cl2N5OPtSZn+3. The smallest absolute Gasteiger partial charge is 2.00 e. The van der Waals surface area contributed by atoms with Crippen LogP contribution in [0.4, 0.5) is 0 Å². The molecular weight excluding hydrogens is 1030 g/mol. The van der Waals surface area contributed by atoms with Gasteiger partial charge in [-0.15, -0.1) is 0 Å². The number of aromatic nitrogens is 5. The number of hydrogen-bond acceptors (Lipinski definition) is 3. The SMILES string of the molecule is CS(C)=[OH+].Cc1ccc(-c2c3nc(c(-c4ccc(C)cc4)c4ccc([nH]4)c(-c4ccc(C)cc4)c4nc(c(-c5ccncc5)c5ccc2[nH]5)C=C4)C=C3)cc1.[Cl][Pt][Cl].[Zn+2]. The molecule has 6 heterocycles. The topological polar surface area (TPSA) is 91.7 Å². The summed E-state index contributed by atoms with van der Waals surface area (Å²) in [5.74, 6) is 0. The van der Waals surface area contributed by atoms with Crippen molar-refractivity contribution in [3.63, 3.8) is 0 Å². The largest absolute Gasteiger partial charge is 2.00 e. The van der Waals surface area contributed by atoms with Gasteiger partial charge in [0.05, 0.1) is 35.3 Å². The summed E-state index contributed by atoms with van der Waals surface area (Å²) < 4.78 is 8.08. The molecule has 8 bridgehead atoms. The van der Waals surface area contributed by atoms with E-state index in [1.54, 1.807) is 12.5 Å². The van der Waals surface area contributed by atoms with Gasteiger partial charge in [0, 0.05) is 56.7 Å². The van der Waals surface area contributed by atoms with E-state index in [2.05, 4.69) is 157 Å². The maximum Gasteiger partial charge on any atom is 2.00 e. The maximum absolute atomic E-state index is 8.08. The predicted octanol–water partition coefficient (Wildman–Crippen LogP) is 13.2. The molecule has 294 valence electrons. The summed E-state index contributed by atoms with van der Waals surface area (Å²) in [7, 11) is 9.39. The molecule has 7 aromatic rings. The van der Waals surface area contributed by atoms with Crippen molar-refractivity contribution in [3.05, 3.63) is 161 Å². The van der Waals surface area contributed by atoms with Crippen molar-refractivity contribution in [2.24, 2.45) is 0 Å². The first-order valence-electron chi connectivity index (χ1n) is 18.5. The Labute approximate surface area is 376 Å². The van der Waals surface area contributed by atoms with E-state index >= 15 is 0 Å². The van der Waals surface area contributed by atoms with Crippen LogP contribution in [-0.4, -0.2) is 41.6 Å². The minimum atomic E-state index is -0.472. The Bertz CT molecular complexity index is 2790. The molecule has 0 saturated carbocycles. The van der Waals surface area contributed by atoms with Gasteiger partial charge in [-0.25, -0.2) is 9.97 Å². The van der Waals surface area contributed by atoms with Crippen molar-refractivity contribution in [3.8, 4) is 44.5 Å². The number of pyridine rings is 1. The number of fused-ring (bicyclic) bond motifs is 8. The fourth-order valence-corrected chi connectivity index (χ4v) is 7.10. The van der Waals surface area contributed by atoms with E-state index in [0.717, 1.165) is 89.4 Å². The average Bonchev–Trinajstić information content (AvgIpc) is 4.06. The zero-order valence-corrected chi connectivity index (χ0v) is 40.9. The van der Waals surface area contributed by atoms with Crippen molar-refractivity contribution in [2.45, 2.75) is 20.8 Å². The number of benzene rings is 3. The minimum absolute atomic E-state index is 0. The summed E-state index contributed by atoms with van der Waals surface area (Å²) in [6.07, 6.45) is 15.7. The summed E-state index contributed by atoms with van der Waals surface area (Å²) in [4.78, 5) is 22.7. The van der Waals surface area contributed by atoms with Gasteiger partial charge in [-0.1, -0.05) is 89.5 Å². The molecule has 0 unspecified atom stereocenters. The first-order valence-corrected chi connectivity index (χ1v) is 26.1. The fourth-order valence-electron chi connectivity index (χ4n) is 7.10. The van der Waals surface area contributed by atoms with E-state index in [1.165, 1.54) is 16.7 Å². The molecule has 0 fully saturated rings. The molecule has 6 nitrogen and oxygen atoms in total. The van der Waals surface area contributed by atoms with Crippen molar-refractivity contribution >= 4 is 76.0 Å². The molecule has 0 radical (unpaired) electrons. The quantitative estimate of drug-likeness (QED) is 0.136. The molecule has 0 spiro atoms. The van der Waals surface area contributed by atoms with Gasteiger partial charge in [-0.05, 0) is 104 Å². The fraction of sp³-hybridized carbons (Fsp3) is 0.104. The van der Waals surface area contributed by atoms with Gasteiger partial charge < -0.3 is 9.97 Å². The molecule has 11 heteroatoms. The van der Waals surface area contributed by atoms with E-state index in [0.29, 0.717) is 0 Å². The molecule has 0 saturated heterocycles. The van der Waals surface area contributed by atoms with Crippen LogP contribution in [0.15, 0.2) is 122 Å². The molecule has 0 aliphatic carbocycles. The van der Waals surface area contributed by atoms with Crippen molar-refractivity contribution in [1.29, 1.82) is 0 Å². The van der Waals surface area contributed by atoms with Crippen molar-refractivity contribution in [2.75, 3.05) is 12.5 Å². The zero-order valence-electron chi connectivity index (χ0n) is 33.3.